The van der Waals surface area contributed by atoms with Gasteiger partial charge in [-0.3, -0.25) is 9.67 Å². The molecule has 1 heterocycles. The van der Waals surface area contributed by atoms with E-state index >= 15 is 0 Å². The van der Waals surface area contributed by atoms with E-state index in [1.807, 2.05) is 18.8 Å². The largest absolute Gasteiger partial charge is 0.352 e. The minimum atomic E-state index is 0. The Kier molecular flexibility index (Phi) is 9.12. The van der Waals surface area contributed by atoms with Crippen LogP contribution < -0.4 is 5.32 Å². The molecule has 2 rings (SSSR count). The average Bonchev–Trinajstić information content (AvgIpc) is 2.92. The molecule has 0 radical (unpaired) electrons. The summed E-state index contributed by atoms with van der Waals surface area (Å²) in [7, 11) is 5.93. The molecular weight excluding hydrogens is 437 g/mol. The molecule has 0 spiro atoms. The molecule has 0 saturated carbocycles. The second-order valence-electron chi connectivity index (χ2n) is 6.45. The van der Waals surface area contributed by atoms with E-state index in [0.717, 1.165) is 31.9 Å². The third kappa shape index (κ3) is 5.46. The summed E-state index contributed by atoms with van der Waals surface area (Å²) < 4.78 is 2.01. The summed E-state index contributed by atoms with van der Waals surface area (Å²) in [5, 5.41) is 8.15. The molecule has 26 heavy (non-hydrogen) atoms. The molecule has 0 bridgehead atoms. The van der Waals surface area contributed by atoms with Crippen LogP contribution in [0.25, 0.3) is 0 Å². The van der Waals surface area contributed by atoms with Crippen LogP contribution in [-0.2, 0) is 33.0 Å². The third-order valence-corrected chi connectivity index (χ3v) is 4.56. The van der Waals surface area contributed by atoms with E-state index < -0.39 is 0 Å². The fourth-order valence-electron chi connectivity index (χ4n) is 3.19. The van der Waals surface area contributed by atoms with Gasteiger partial charge in [-0.1, -0.05) is 43.7 Å². The van der Waals surface area contributed by atoms with Crippen LogP contribution in [0.15, 0.2) is 29.3 Å². The van der Waals surface area contributed by atoms with Crippen LogP contribution in [0.2, 0.25) is 0 Å². The summed E-state index contributed by atoms with van der Waals surface area (Å²) in [5.41, 5.74) is 6.33. The first-order chi connectivity index (χ1) is 12.0. The second-order valence-corrected chi connectivity index (χ2v) is 6.45. The Bertz CT molecular complexity index is 719. The number of aryl methyl sites for hydroxylation is 3. The fraction of sp³-hybridized carbons (Fsp3) is 0.500. The van der Waals surface area contributed by atoms with Crippen molar-refractivity contribution in [2.24, 2.45) is 12.0 Å². The third-order valence-electron chi connectivity index (χ3n) is 4.56. The maximum atomic E-state index is 4.65. The molecule has 5 nitrogen and oxygen atoms in total. The molecule has 1 aromatic carbocycles. The first-order valence-electron chi connectivity index (χ1n) is 9.01. The first kappa shape index (κ1) is 22.5. The lowest BCUT2D eigenvalue weighted by atomic mass is 10.1. The lowest BCUT2D eigenvalue weighted by Crippen LogP contribution is -2.38. The SMILES string of the molecule is CCc1nn(C)c(CC)c1CNC(=NC)N(C)Cc1ccc(C)cc1.I. The van der Waals surface area contributed by atoms with Crippen molar-refractivity contribution in [3.63, 3.8) is 0 Å². The highest BCUT2D eigenvalue weighted by Gasteiger charge is 2.15. The van der Waals surface area contributed by atoms with E-state index in [0.29, 0.717) is 0 Å². The monoisotopic (exact) mass is 469 g/mol. The number of nitrogens with one attached hydrogen (secondary N) is 1. The topological polar surface area (TPSA) is 45.5 Å². The molecule has 0 unspecified atom stereocenters. The van der Waals surface area contributed by atoms with Crippen LogP contribution in [0.4, 0.5) is 0 Å². The second kappa shape index (κ2) is 10.5. The first-order valence-corrected chi connectivity index (χ1v) is 9.01. The van der Waals surface area contributed by atoms with Crippen molar-refractivity contribution in [1.82, 2.24) is 20.0 Å². The van der Waals surface area contributed by atoms with Gasteiger partial charge < -0.3 is 10.2 Å². The Labute approximate surface area is 174 Å². The molecule has 144 valence electrons. The Balaban J connectivity index is 0.00000338. The zero-order valence-electron chi connectivity index (χ0n) is 16.8. The number of benzene rings is 1. The molecule has 0 amide bonds. The minimum Gasteiger partial charge on any atom is -0.352 e. The van der Waals surface area contributed by atoms with Crippen LogP contribution in [0.3, 0.4) is 0 Å². The minimum absolute atomic E-state index is 0. The molecule has 0 aliphatic rings. The normalized spacial score (nSPS) is 11.2. The number of aromatic nitrogens is 2. The molecular formula is C20H32IN5. The number of guanidine groups is 1. The highest BCUT2D eigenvalue weighted by atomic mass is 127. The van der Waals surface area contributed by atoms with Gasteiger partial charge in [-0.25, -0.2) is 0 Å². The molecule has 0 aliphatic carbocycles. The zero-order valence-corrected chi connectivity index (χ0v) is 19.2. The smallest absolute Gasteiger partial charge is 0.193 e. The van der Waals surface area contributed by atoms with E-state index in [1.165, 1.54) is 28.1 Å². The molecule has 2 aromatic rings. The van der Waals surface area contributed by atoms with Gasteiger partial charge in [-0.15, -0.1) is 24.0 Å². The van der Waals surface area contributed by atoms with Gasteiger partial charge in [0.25, 0.3) is 0 Å². The van der Waals surface area contributed by atoms with Gasteiger partial charge in [0.2, 0.25) is 0 Å². The van der Waals surface area contributed by atoms with Gasteiger partial charge in [-0.2, -0.15) is 5.10 Å². The summed E-state index contributed by atoms with van der Waals surface area (Å²) in [4.78, 5) is 6.59. The molecule has 0 aliphatic heterocycles. The number of aliphatic imine (C=N–C) groups is 1. The molecule has 6 heteroatoms. The van der Waals surface area contributed by atoms with Crippen molar-refractivity contribution < 1.29 is 0 Å². The summed E-state index contributed by atoms with van der Waals surface area (Å²) in [6.07, 6.45) is 1.93. The Morgan fingerprint density at radius 3 is 2.38 bits per heavy atom. The van der Waals surface area contributed by atoms with Gasteiger partial charge in [0, 0.05) is 45.5 Å². The maximum absolute atomic E-state index is 4.65. The molecule has 0 saturated heterocycles. The Hall–Kier alpha value is -1.57. The standard InChI is InChI=1S/C20H31N5.HI/c1-7-18-17(19(8-2)25(6)23-18)13-22-20(21-4)24(5)14-16-11-9-15(3)10-12-16;/h9-12H,7-8,13-14H2,1-6H3,(H,21,22);1H. The number of halogens is 1. The summed E-state index contributed by atoms with van der Waals surface area (Å²) in [5.74, 6) is 0.897. The van der Waals surface area contributed by atoms with Crippen molar-refractivity contribution >= 4 is 29.9 Å². The Morgan fingerprint density at radius 2 is 1.85 bits per heavy atom. The van der Waals surface area contributed by atoms with Crippen LogP contribution in [0, 0.1) is 6.92 Å². The van der Waals surface area contributed by atoms with E-state index in [4.69, 9.17) is 0 Å². The van der Waals surface area contributed by atoms with Crippen molar-refractivity contribution in [3.8, 4) is 0 Å². The van der Waals surface area contributed by atoms with Gasteiger partial charge in [0.1, 0.15) is 0 Å². The molecule has 0 atom stereocenters. The van der Waals surface area contributed by atoms with Gasteiger partial charge >= 0.3 is 0 Å². The highest BCUT2D eigenvalue weighted by Crippen LogP contribution is 2.15. The van der Waals surface area contributed by atoms with Crippen LogP contribution in [-0.4, -0.2) is 34.7 Å². The lowest BCUT2D eigenvalue weighted by Gasteiger charge is -2.22. The van der Waals surface area contributed by atoms with E-state index in [9.17, 15) is 0 Å². The van der Waals surface area contributed by atoms with E-state index in [-0.39, 0.29) is 24.0 Å². The van der Waals surface area contributed by atoms with Crippen molar-refractivity contribution in [3.05, 3.63) is 52.3 Å². The predicted octanol–water partition coefficient (Wildman–Crippen LogP) is 3.68. The summed E-state index contributed by atoms with van der Waals surface area (Å²) in [6.45, 7) is 8.03. The Morgan fingerprint density at radius 1 is 1.19 bits per heavy atom. The zero-order chi connectivity index (χ0) is 18.4. The van der Waals surface area contributed by atoms with E-state index in [2.05, 4.69) is 72.4 Å². The predicted molar refractivity (Wildman–Crippen MR) is 120 cm³/mol. The van der Waals surface area contributed by atoms with Crippen LogP contribution in [0.1, 0.15) is 41.9 Å². The summed E-state index contributed by atoms with van der Waals surface area (Å²) in [6, 6.07) is 8.64. The number of rotatable bonds is 6. The van der Waals surface area contributed by atoms with Gasteiger partial charge in [0.15, 0.2) is 5.96 Å². The number of hydrogen-bond acceptors (Lipinski definition) is 2. The summed E-state index contributed by atoms with van der Waals surface area (Å²) >= 11 is 0. The average molecular weight is 469 g/mol. The number of hydrogen-bond donors (Lipinski definition) is 1. The fourth-order valence-corrected chi connectivity index (χ4v) is 3.19. The molecule has 0 fully saturated rings. The van der Waals surface area contributed by atoms with Crippen LogP contribution >= 0.6 is 24.0 Å². The van der Waals surface area contributed by atoms with Crippen molar-refractivity contribution in [2.75, 3.05) is 14.1 Å². The highest BCUT2D eigenvalue weighted by molar-refractivity contribution is 14.0. The maximum Gasteiger partial charge on any atom is 0.193 e. The van der Waals surface area contributed by atoms with E-state index in [1.54, 1.807) is 0 Å². The number of nitrogens with zero attached hydrogens (tertiary/aromatic N) is 4. The van der Waals surface area contributed by atoms with Crippen LogP contribution in [0.5, 0.6) is 0 Å². The van der Waals surface area contributed by atoms with Crippen molar-refractivity contribution in [1.29, 1.82) is 0 Å². The van der Waals surface area contributed by atoms with Crippen molar-refractivity contribution in [2.45, 2.75) is 46.7 Å². The molecule has 1 N–H and O–H groups in total. The van der Waals surface area contributed by atoms with Gasteiger partial charge in [-0.05, 0) is 25.3 Å². The lowest BCUT2D eigenvalue weighted by molar-refractivity contribution is 0.476. The molecule has 1 aromatic heterocycles. The van der Waals surface area contributed by atoms with Gasteiger partial charge in [0.05, 0.1) is 5.69 Å². The quantitative estimate of drug-likeness (QED) is 0.399.